The molecule has 0 spiro atoms. The molecule has 0 saturated carbocycles. The van der Waals surface area contributed by atoms with Crippen molar-refractivity contribution in [2.75, 3.05) is 0 Å². The van der Waals surface area contributed by atoms with Crippen LogP contribution in [0.1, 0.15) is 5.56 Å². The van der Waals surface area contributed by atoms with E-state index in [0.29, 0.717) is 10.9 Å². The maximum absolute atomic E-state index is 12.6. The van der Waals surface area contributed by atoms with Crippen LogP contribution in [-0.4, -0.2) is 14.5 Å². The number of halogens is 3. The van der Waals surface area contributed by atoms with Gasteiger partial charge in [0.2, 0.25) is 0 Å². The number of alkyl halides is 3. The summed E-state index contributed by atoms with van der Waals surface area (Å²) in [6, 6.07) is 13.8. The van der Waals surface area contributed by atoms with E-state index in [-0.39, 0.29) is 19.9 Å². The van der Waals surface area contributed by atoms with Crippen molar-refractivity contribution in [3.63, 3.8) is 0 Å². The molecule has 3 aromatic rings. The second kappa shape index (κ2) is 5.17. The van der Waals surface area contributed by atoms with Gasteiger partial charge in [-0.3, -0.25) is 0 Å². The van der Waals surface area contributed by atoms with Crippen LogP contribution in [0.3, 0.4) is 0 Å². The van der Waals surface area contributed by atoms with Crippen molar-refractivity contribution in [1.82, 2.24) is 0 Å². The third kappa shape index (κ3) is 2.80. The molecule has 0 amide bonds. The van der Waals surface area contributed by atoms with Crippen LogP contribution in [0.2, 0.25) is 0 Å². The fourth-order valence-corrected chi connectivity index (χ4v) is 4.34. The summed E-state index contributed by atoms with van der Waals surface area (Å²) in [6.07, 6.45) is -4.34. The molecule has 1 nitrogen and oxygen atoms in total. The van der Waals surface area contributed by atoms with Gasteiger partial charge in [-0.2, -0.15) is 0 Å². The van der Waals surface area contributed by atoms with Gasteiger partial charge in [0, 0.05) is 0 Å². The van der Waals surface area contributed by atoms with Gasteiger partial charge in [-0.05, 0) is 0 Å². The Hall–Kier alpha value is -1.84. The first-order chi connectivity index (χ1) is 9.95. The Morgan fingerprint density at radius 3 is 2.24 bits per heavy atom. The molecule has 0 N–H and O–H groups in total. The third-order valence-corrected chi connectivity index (χ3v) is 5.54. The standard InChI is InChI=1S/C16H9F3OSe/c17-16(18,19)11-7-5-10(6-8-11)15-9-13(20)12-3-1-2-4-14(12)21-15/h1-9H. The first-order valence-electron chi connectivity index (χ1n) is 6.16. The number of hydrogen-bond acceptors (Lipinski definition) is 1. The minimum absolute atomic E-state index is 0.0791. The fourth-order valence-electron chi connectivity index (χ4n) is 2.07. The quantitative estimate of drug-likeness (QED) is 0.606. The predicted molar refractivity (Wildman–Crippen MR) is 77.6 cm³/mol. The van der Waals surface area contributed by atoms with Crippen LogP contribution in [0.25, 0.3) is 19.6 Å². The average Bonchev–Trinajstić information content (AvgIpc) is 2.46. The predicted octanol–water partition coefficient (Wildman–Crippen LogP) is 3.94. The molecule has 3 rings (SSSR count). The molecule has 5 heteroatoms. The molecule has 0 saturated heterocycles. The molecular weight excluding hydrogens is 344 g/mol. The normalized spacial score (nSPS) is 11.8. The summed E-state index contributed by atoms with van der Waals surface area (Å²) in [4.78, 5) is 12.0. The molecule has 106 valence electrons. The van der Waals surface area contributed by atoms with E-state index in [4.69, 9.17) is 0 Å². The SMILES string of the molecule is O=c1cc(-c2ccc(C(F)(F)F)cc2)[se]c2ccccc12. The van der Waals surface area contributed by atoms with Crippen molar-refractivity contribution in [1.29, 1.82) is 0 Å². The van der Waals surface area contributed by atoms with Gasteiger partial charge in [0.15, 0.2) is 0 Å². The van der Waals surface area contributed by atoms with Gasteiger partial charge in [-0.1, -0.05) is 0 Å². The summed E-state index contributed by atoms with van der Waals surface area (Å²) in [5.41, 5.74) is -0.0960. The van der Waals surface area contributed by atoms with Crippen molar-refractivity contribution in [2.45, 2.75) is 6.18 Å². The molecule has 0 aliphatic rings. The van der Waals surface area contributed by atoms with E-state index >= 15 is 0 Å². The van der Waals surface area contributed by atoms with E-state index in [1.165, 1.54) is 18.2 Å². The van der Waals surface area contributed by atoms with Crippen LogP contribution >= 0.6 is 0 Å². The van der Waals surface area contributed by atoms with Crippen molar-refractivity contribution in [2.24, 2.45) is 0 Å². The molecule has 21 heavy (non-hydrogen) atoms. The van der Waals surface area contributed by atoms with E-state index in [1.807, 2.05) is 18.2 Å². The van der Waals surface area contributed by atoms with Crippen LogP contribution in [0.4, 0.5) is 13.2 Å². The first-order valence-corrected chi connectivity index (χ1v) is 7.87. The molecule has 1 heterocycles. The molecular formula is C16H9F3OSe. The summed E-state index contributed by atoms with van der Waals surface area (Å²) in [5, 5.41) is 0.688. The Balaban J connectivity index is 2.10. The van der Waals surface area contributed by atoms with Gasteiger partial charge in [0.1, 0.15) is 0 Å². The molecule has 0 aliphatic carbocycles. The van der Waals surface area contributed by atoms with Gasteiger partial charge >= 0.3 is 124 Å². The summed E-state index contributed by atoms with van der Waals surface area (Å²) < 4.78 is 39.4. The monoisotopic (exact) mass is 354 g/mol. The van der Waals surface area contributed by atoms with Crippen molar-refractivity contribution < 1.29 is 13.2 Å². The maximum atomic E-state index is 12.6. The van der Waals surface area contributed by atoms with Gasteiger partial charge in [-0.15, -0.1) is 0 Å². The Morgan fingerprint density at radius 2 is 1.57 bits per heavy atom. The van der Waals surface area contributed by atoms with Crippen LogP contribution in [0.15, 0.2) is 59.4 Å². The number of hydrogen-bond donors (Lipinski definition) is 0. The van der Waals surface area contributed by atoms with Crippen molar-refractivity contribution in [3.8, 4) is 10.0 Å². The third-order valence-electron chi connectivity index (χ3n) is 3.13. The van der Waals surface area contributed by atoms with Crippen LogP contribution in [-0.2, 0) is 6.18 Å². The zero-order valence-corrected chi connectivity index (χ0v) is 12.4. The molecule has 0 bridgehead atoms. The zero-order valence-electron chi connectivity index (χ0n) is 10.6. The molecule has 0 atom stereocenters. The Labute approximate surface area is 124 Å². The number of benzene rings is 2. The minimum atomic E-state index is -4.34. The van der Waals surface area contributed by atoms with E-state index < -0.39 is 11.7 Å². The van der Waals surface area contributed by atoms with Crippen LogP contribution in [0.5, 0.6) is 0 Å². The van der Waals surface area contributed by atoms with Gasteiger partial charge in [0.05, 0.1) is 0 Å². The van der Waals surface area contributed by atoms with Gasteiger partial charge < -0.3 is 0 Å². The molecule has 2 aromatic carbocycles. The van der Waals surface area contributed by atoms with Crippen LogP contribution < -0.4 is 5.43 Å². The fraction of sp³-hybridized carbons (Fsp3) is 0.0625. The van der Waals surface area contributed by atoms with E-state index in [2.05, 4.69) is 0 Å². The van der Waals surface area contributed by atoms with E-state index in [1.54, 1.807) is 6.07 Å². The summed E-state index contributed by atoms with van der Waals surface area (Å²) in [5.74, 6) is 0. The number of fused-ring (bicyclic) bond motifs is 1. The molecule has 0 fully saturated rings. The Kier molecular flexibility index (Phi) is 3.47. The summed E-state index contributed by atoms with van der Waals surface area (Å²) in [7, 11) is 0. The first kappa shape index (κ1) is 14.1. The molecule has 0 radical (unpaired) electrons. The molecule has 0 unspecified atom stereocenters. The second-order valence-corrected chi connectivity index (χ2v) is 6.82. The Bertz CT molecular complexity index is 848. The molecule has 1 aromatic heterocycles. The van der Waals surface area contributed by atoms with Crippen LogP contribution in [0, 0.1) is 0 Å². The zero-order chi connectivity index (χ0) is 15.0. The number of rotatable bonds is 1. The topological polar surface area (TPSA) is 17.1 Å². The van der Waals surface area contributed by atoms with Crippen molar-refractivity contribution in [3.05, 3.63) is 70.4 Å². The van der Waals surface area contributed by atoms with E-state index in [0.717, 1.165) is 20.8 Å². The van der Waals surface area contributed by atoms with Gasteiger partial charge in [0.25, 0.3) is 0 Å². The van der Waals surface area contributed by atoms with Gasteiger partial charge in [-0.25, -0.2) is 0 Å². The second-order valence-electron chi connectivity index (χ2n) is 4.55. The summed E-state index contributed by atoms with van der Waals surface area (Å²) in [6.45, 7) is 0. The van der Waals surface area contributed by atoms with Crippen molar-refractivity contribution >= 4 is 24.1 Å². The Morgan fingerprint density at radius 1 is 0.905 bits per heavy atom. The van der Waals surface area contributed by atoms with E-state index in [9.17, 15) is 18.0 Å². The average molecular weight is 353 g/mol. The molecule has 0 aliphatic heterocycles. The summed E-state index contributed by atoms with van der Waals surface area (Å²) >= 11 is -0.0791.